The lowest BCUT2D eigenvalue weighted by molar-refractivity contribution is -0.107. The van der Waals surface area contributed by atoms with Crippen LogP contribution in [0.2, 0.25) is 0 Å². The zero-order valence-electron chi connectivity index (χ0n) is 25.2. The highest BCUT2D eigenvalue weighted by molar-refractivity contribution is 5.48. The number of hydrogen-bond donors (Lipinski definition) is 0. The van der Waals surface area contributed by atoms with Gasteiger partial charge in [0.25, 0.3) is 0 Å². The van der Waals surface area contributed by atoms with Gasteiger partial charge >= 0.3 is 0 Å². The maximum Gasteiger partial charge on any atom is 0.119 e. The van der Waals surface area contributed by atoms with E-state index >= 15 is 0 Å². The SMILES string of the molecule is C=COCCC(=C)OCCOCCCCCCCCCCCCCCCCCCCCCCCCCC=O. The Hall–Kier alpha value is -1.29. The Morgan fingerprint density at radius 2 is 0.895 bits per heavy atom. The maximum atomic E-state index is 10.3. The molecule has 0 rings (SSSR count). The third kappa shape index (κ3) is 32.7. The number of carbonyl (C=O) groups is 1. The molecular formula is C34H64O4. The average Bonchev–Trinajstić information content (AvgIpc) is 2.92. The van der Waals surface area contributed by atoms with Crippen molar-refractivity contribution >= 4 is 6.29 Å². The highest BCUT2D eigenvalue weighted by Crippen LogP contribution is 2.15. The summed E-state index contributed by atoms with van der Waals surface area (Å²) in [7, 11) is 0. The molecule has 0 aromatic rings. The summed E-state index contributed by atoms with van der Waals surface area (Å²) in [4.78, 5) is 10.3. The van der Waals surface area contributed by atoms with Crippen molar-refractivity contribution < 1.29 is 19.0 Å². The predicted octanol–water partition coefficient (Wildman–Crippen LogP) is 10.6. The monoisotopic (exact) mass is 536 g/mol. The molecule has 0 aliphatic carbocycles. The van der Waals surface area contributed by atoms with E-state index in [1.165, 1.54) is 141 Å². The van der Waals surface area contributed by atoms with Crippen LogP contribution in [-0.2, 0) is 19.0 Å². The smallest absolute Gasteiger partial charge is 0.119 e. The Balaban J connectivity index is 3.07. The molecule has 0 aromatic heterocycles. The fourth-order valence-electron chi connectivity index (χ4n) is 4.82. The second-order valence-corrected chi connectivity index (χ2v) is 10.9. The molecule has 0 fully saturated rings. The molecule has 0 saturated heterocycles. The molecule has 4 heteroatoms. The fraction of sp³-hybridized carbons (Fsp3) is 0.853. The lowest BCUT2D eigenvalue weighted by Gasteiger charge is -2.09. The number of ether oxygens (including phenoxy) is 3. The van der Waals surface area contributed by atoms with Gasteiger partial charge in [-0.2, -0.15) is 0 Å². The first-order valence-electron chi connectivity index (χ1n) is 16.4. The van der Waals surface area contributed by atoms with Crippen molar-refractivity contribution in [2.45, 2.75) is 161 Å². The summed E-state index contributed by atoms with van der Waals surface area (Å²) in [5, 5.41) is 0. The van der Waals surface area contributed by atoms with Gasteiger partial charge in [0.05, 0.1) is 25.2 Å². The Bertz CT molecular complexity index is 491. The predicted molar refractivity (Wildman–Crippen MR) is 164 cm³/mol. The second kappa shape index (κ2) is 33.7. The van der Waals surface area contributed by atoms with Gasteiger partial charge < -0.3 is 19.0 Å². The summed E-state index contributed by atoms with van der Waals surface area (Å²) >= 11 is 0. The first kappa shape index (κ1) is 36.7. The van der Waals surface area contributed by atoms with Gasteiger partial charge in [-0.1, -0.05) is 148 Å². The second-order valence-electron chi connectivity index (χ2n) is 10.9. The quantitative estimate of drug-likeness (QED) is 0.0466. The number of rotatable bonds is 34. The number of carbonyl (C=O) groups excluding carboxylic acids is 1. The van der Waals surface area contributed by atoms with Crippen LogP contribution in [0.1, 0.15) is 161 Å². The third-order valence-electron chi connectivity index (χ3n) is 7.26. The third-order valence-corrected chi connectivity index (χ3v) is 7.26. The molecule has 224 valence electrons. The summed E-state index contributed by atoms with van der Waals surface area (Å²) in [6.45, 7) is 9.98. The lowest BCUT2D eigenvalue weighted by atomic mass is 10.0. The molecule has 0 spiro atoms. The van der Waals surface area contributed by atoms with Gasteiger partial charge in [-0.3, -0.25) is 0 Å². The van der Waals surface area contributed by atoms with Crippen LogP contribution >= 0.6 is 0 Å². The van der Waals surface area contributed by atoms with Gasteiger partial charge in [-0.25, -0.2) is 0 Å². The Kier molecular flexibility index (Phi) is 32.6. The van der Waals surface area contributed by atoms with Gasteiger partial charge in [0.15, 0.2) is 0 Å². The maximum absolute atomic E-state index is 10.3. The van der Waals surface area contributed by atoms with Crippen LogP contribution in [0.3, 0.4) is 0 Å². The number of unbranched alkanes of at least 4 members (excludes halogenated alkanes) is 23. The summed E-state index contributed by atoms with van der Waals surface area (Å²) in [5.74, 6) is 0.745. The molecule has 38 heavy (non-hydrogen) atoms. The van der Waals surface area contributed by atoms with E-state index in [-0.39, 0.29) is 0 Å². The minimum atomic E-state index is 0.567. The van der Waals surface area contributed by atoms with Crippen LogP contribution in [-0.4, -0.2) is 32.7 Å². The van der Waals surface area contributed by atoms with Crippen LogP contribution in [0, 0.1) is 0 Å². The van der Waals surface area contributed by atoms with Gasteiger partial charge in [-0.15, -0.1) is 0 Å². The van der Waals surface area contributed by atoms with Crippen molar-refractivity contribution in [2.75, 3.05) is 26.4 Å². The van der Waals surface area contributed by atoms with Gasteiger partial charge in [-0.05, 0) is 12.8 Å². The van der Waals surface area contributed by atoms with Crippen LogP contribution in [0.4, 0.5) is 0 Å². The van der Waals surface area contributed by atoms with E-state index in [2.05, 4.69) is 13.2 Å². The van der Waals surface area contributed by atoms with Crippen LogP contribution in [0.15, 0.2) is 25.2 Å². The van der Waals surface area contributed by atoms with Crippen molar-refractivity contribution in [2.24, 2.45) is 0 Å². The lowest BCUT2D eigenvalue weighted by Crippen LogP contribution is -2.06. The first-order valence-corrected chi connectivity index (χ1v) is 16.4. The molecule has 0 unspecified atom stereocenters. The van der Waals surface area contributed by atoms with Crippen molar-refractivity contribution in [1.29, 1.82) is 0 Å². The van der Waals surface area contributed by atoms with Crippen LogP contribution in [0.25, 0.3) is 0 Å². The molecule has 4 nitrogen and oxygen atoms in total. The Labute approximate surface area is 237 Å². The standard InChI is InChI=1S/C34H64O4/c1-3-36-31-28-34(2)38-33-32-37-30-27-25-23-21-19-17-15-13-11-9-7-5-4-6-8-10-12-14-16-18-20-22-24-26-29-35/h3,29H,1-2,4-28,30-33H2. The number of hydrogen-bond acceptors (Lipinski definition) is 4. The first-order chi connectivity index (χ1) is 18.8. The van der Waals surface area contributed by atoms with Gasteiger partial charge in [0.2, 0.25) is 0 Å². The van der Waals surface area contributed by atoms with Crippen molar-refractivity contribution in [1.82, 2.24) is 0 Å². The molecule has 0 amide bonds. The van der Waals surface area contributed by atoms with E-state index in [1.54, 1.807) is 0 Å². The topological polar surface area (TPSA) is 44.8 Å². The van der Waals surface area contributed by atoms with E-state index in [4.69, 9.17) is 14.2 Å². The van der Waals surface area contributed by atoms with Crippen LogP contribution in [0.5, 0.6) is 0 Å². The van der Waals surface area contributed by atoms with Crippen LogP contribution < -0.4 is 0 Å². The molecule has 0 radical (unpaired) electrons. The molecule has 0 atom stereocenters. The molecule has 0 bridgehead atoms. The van der Waals surface area contributed by atoms with E-state index < -0.39 is 0 Å². The summed E-state index contributed by atoms with van der Waals surface area (Å²) in [6.07, 6.45) is 35.5. The van der Waals surface area contributed by atoms with Crippen molar-refractivity contribution in [3.8, 4) is 0 Å². The highest BCUT2D eigenvalue weighted by atomic mass is 16.5. The van der Waals surface area contributed by atoms with Crippen molar-refractivity contribution in [3.05, 3.63) is 25.2 Å². The molecule has 0 aliphatic rings. The Morgan fingerprint density at radius 1 is 0.500 bits per heavy atom. The van der Waals surface area contributed by atoms with Gasteiger partial charge in [0.1, 0.15) is 12.9 Å². The fourth-order valence-corrected chi connectivity index (χ4v) is 4.82. The highest BCUT2D eigenvalue weighted by Gasteiger charge is 1.98. The van der Waals surface area contributed by atoms with Crippen molar-refractivity contribution in [3.63, 3.8) is 0 Å². The average molecular weight is 537 g/mol. The zero-order chi connectivity index (χ0) is 27.6. The Morgan fingerprint density at radius 3 is 1.29 bits per heavy atom. The minimum absolute atomic E-state index is 0.567. The summed E-state index contributed by atoms with van der Waals surface area (Å²) in [5.41, 5.74) is 0. The van der Waals surface area contributed by atoms with E-state index in [0.29, 0.717) is 26.2 Å². The molecule has 0 saturated carbocycles. The molecular weight excluding hydrogens is 472 g/mol. The van der Waals surface area contributed by atoms with Gasteiger partial charge in [0, 0.05) is 19.4 Å². The largest absolute Gasteiger partial charge is 0.501 e. The zero-order valence-corrected chi connectivity index (χ0v) is 25.2. The number of aldehydes is 1. The summed E-state index contributed by atoms with van der Waals surface area (Å²) < 4.78 is 16.2. The molecule has 0 aromatic carbocycles. The molecule has 0 heterocycles. The summed E-state index contributed by atoms with van der Waals surface area (Å²) in [6, 6.07) is 0. The van der Waals surface area contributed by atoms with E-state index in [9.17, 15) is 4.79 Å². The molecule has 0 N–H and O–H groups in total. The van der Waals surface area contributed by atoms with E-state index in [1.807, 2.05) is 0 Å². The van der Waals surface area contributed by atoms with E-state index in [0.717, 1.165) is 37.9 Å². The minimum Gasteiger partial charge on any atom is -0.501 e. The normalized spacial score (nSPS) is 10.9. The molecule has 0 aliphatic heterocycles.